The number of unbranched alkanes of at least 4 members (excludes halogenated alkanes) is 44. The topological polar surface area (TPSA) is 237 Å². The van der Waals surface area contributed by atoms with E-state index >= 15 is 0 Å². The second-order valence-electron chi connectivity index (χ2n) is 28.2. The van der Waals surface area contributed by atoms with Crippen molar-refractivity contribution in [2.24, 2.45) is 11.8 Å². The van der Waals surface area contributed by atoms with E-state index in [0.717, 1.165) is 108 Å². The quantitative estimate of drug-likeness (QED) is 0.0222. The monoisotopic (exact) mass is 1410 g/mol. The third-order valence-corrected chi connectivity index (χ3v) is 20.6. The van der Waals surface area contributed by atoms with Crippen molar-refractivity contribution in [1.29, 1.82) is 0 Å². The first kappa shape index (κ1) is 94.1. The summed E-state index contributed by atoms with van der Waals surface area (Å²) in [6, 6.07) is 0. The van der Waals surface area contributed by atoms with Crippen LogP contribution < -0.4 is 0 Å². The molecule has 4 unspecified atom stereocenters. The fourth-order valence-electron chi connectivity index (χ4n) is 11.8. The molecule has 17 nitrogen and oxygen atoms in total. The Bertz CT molecular complexity index is 1860. The predicted molar refractivity (Wildman–Crippen MR) is 391 cm³/mol. The minimum Gasteiger partial charge on any atom is -0.462 e. The fourth-order valence-corrected chi connectivity index (χ4v) is 13.3. The number of aliphatic hydroxyl groups is 1. The summed E-state index contributed by atoms with van der Waals surface area (Å²) in [6.07, 6.45) is 57.2. The van der Waals surface area contributed by atoms with E-state index in [1.165, 1.54) is 212 Å². The first-order valence-corrected chi connectivity index (χ1v) is 43.1. The number of rotatable bonds is 76. The van der Waals surface area contributed by atoms with Crippen molar-refractivity contribution < 1.29 is 80.2 Å². The van der Waals surface area contributed by atoms with Gasteiger partial charge in [-0.25, -0.2) is 9.13 Å². The maximum absolute atomic E-state index is 13.1. The summed E-state index contributed by atoms with van der Waals surface area (Å²) in [6.45, 7) is 9.59. The Morgan fingerprint density at radius 3 is 0.740 bits per heavy atom. The Kier molecular flexibility index (Phi) is 67.4. The van der Waals surface area contributed by atoms with Crippen LogP contribution in [0.15, 0.2) is 0 Å². The lowest BCUT2D eigenvalue weighted by atomic mass is 9.99. The lowest BCUT2D eigenvalue weighted by Crippen LogP contribution is -2.30. The van der Waals surface area contributed by atoms with Crippen LogP contribution >= 0.6 is 15.6 Å². The second kappa shape index (κ2) is 68.8. The van der Waals surface area contributed by atoms with E-state index in [9.17, 15) is 43.2 Å². The van der Waals surface area contributed by atoms with Gasteiger partial charge in [0.1, 0.15) is 19.3 Å². The molecule has 0 heterocycles. The zero-order valence-electron chi connectivity index (χ0n) is 62.7. The molecule has 0 rings (SSSR count). The Morgan fingerprint density at radius 2 is 0.500 bits per heavy atom. The van der Waals surface area contributed by atoms with Gasteiger partial charge in [0.25, 0.3) is 0 Å². The summed E-state index contributed by atoms with van der Waals surface area (Å²) in [7, 11) is -9.90. The van der Waals surface area contributed by atoms with Crippen LogP contribution in [-0.4, -0.2) is 96.7 Å². The zero-order chi connectivity index (χ0) is 70.7. The van der Waals surface area contributed by atoms with E-state index in [-0.39, 0.29) is 25.7 Å². The third-order valence-electron chi connectivity index (χ3n) is 18.7. The molecular formula is C77H150O17P2. The minimum absolute atomic E-state index is 0.105. The number of carbonyl (C=O) groups is 4. The molecule has 0 saturated heterocycles. The normalized spacial score (nSPS) is 14.6. The van der Waals surface area contributed by atoms with Gasteiger partial charge in [-0.1, -0.05) is 350 Å². The molecular weight excluding hydrogens is 1260 g/mol. The summed E-state index contributed by atoms with van der Waals surface area (Å²) >= 11 is 0. The lowest BCUT2D eigenvalue weighted by molar-refractivity contribution is -0.161. The highest BCUT2D eigenvalue weighted by atomic mass is 31.2. The van der Waals surface area contributed by atoms with E-state index in [1.54, 1.807) is 0 Å². The van der Waals surface area contributed by atoms with Crippen LogP contribution in [-0.2, 0) is 65.4 Å². The molecule has 0 aromatic carbocycles. The third kappa shape index (κ3) is 67.9. The summed E-state index contributed by atoms with van der Waals surface area (Å²) in [5.74, 6) is -0.472. The number of hydrogen-bond donors (Lipinski definition) is 3. The molecule has 0 saturated carbocycles. The summed E-state index contributed by atoms with van der Waals surface area (Å²) in [4.78, 5) is 72.6. The van der Waals surface area contributed by atoms with Gasteiger partial charge in [-0.3, -0.25) is 37.3 Å². The molecule has 0 aliphatic rings. The molecule has 0 radical (unpaired) electrons. The van der Waals surface area contributed by atoms with Crippen molar-refractivity contribution in [3.63, 3.8) is 0 Å². The van der Waals surface area contributed by atoms with Crippen LogP contribution in [0.4, 0.5) is 0 Å². The van der Waals surface area contributed by atoms with E-state index in [1.807, 2.05) is 0 Å². The van der Waals surface area contributed by atoms with Gasteiger partial charge in [-0.05, 0) is 37.5 Å². The zero-order valence-corrected chi connectivity index (χ0v) is 64.5. The molecule has 19 heteroatoms. The van der Waals surface area contributed by atoms with Crippen LogP contribution in [0.5, 0.6) is 0 Å². The standard InChI is InChI=1S/C77H150O17P2/c1-7-11-13-15-16-17-18-19-20-21-22-23-24-29-32-38-43-49-55-61-77(82)94-73(66-88-75(80)60-54-48-42-37-31-28-26-25-27-30-35-40-46-51-57-69(5)9-3)68-92-96(85,86)90-64-71(78)63-89-95(83,84)91-67-72(65-87-74(79)59-53-45-14-12-8-2)93-76(81)62-56-50-44-39-34-33-36-41-47-52-58-70(6)10-4/h69-73,78H,7-68H2,1-6H3,(H,83,84)(H,85,86)/t69?,70?,71-,72+,73+/m0/s1. The van der Waals surface area contributed by atoms with Gasteiger partial charge in [0, 0.05) is 25.7 Å². The summed E-state index contributed by atoms with van der Waals surface area (Å²) in [5, 5.41) is 10.6. The highest BCUT2D eigenvalue weighted by Gasteiger charge is 2.30. The van der Waals surface area contributed by atoms with Gasteiger partial charge in [0.05, 0.1) is 26.4 Å². The predicted octanol–water partition coefficient (Wildman–Crippen LogP) is 22.7. The number of aliphatic hydroxyl groups excluding tert-OH is 1. The van der Waals surface area contributed by atoms with E-state index < -0.39 is 97.5 Å². The summed E-state index contributed by atoms with van der Waals surface area (Å²) in [5.41, 5.74) is 0. The van der Waals surface area contributed by atoms with Crippen molar-refractivity contribution in [2.45, 2.75) is 419 Å². The van der Waals surface area contributed by atoms with Crippen LogP contribution in [0.2, 0.25) is 0 Å². The van der Waals surface area contributed by atoms with Crippen molar-refractivity contribution in [2.75, 3.05) is 39.6 Å². The number of phosphoric acid groups is 2. The van der Waals surface area contributed by atoms with Crippen LogP contribution in [0.1, 0.15) is 401 Å². The number of hydrogen-bond acceptors (Lipinski definition) is 15. The Hall–Kier alpha value is -1.94. The molecule has 0 bridgehead atoms. The first-order chi connectivity index (χ1) is 46.4. The minimum atomic E-state index is -4.96. The number of ether oxygens (including phenoxy) is 4. The molecule has 7 atom stereocenters. The van der Waals surface area contributed by atoms with Gasteiger partial charge in [-0.2, -0.15) is 0 Å². The maximum Gasteiger partial charge on any atom is 0.472 e. The Morgan fingerprint density at radius 1 is 0.292 bits per heavy atom. The van der Waals surface area contributed by atoms with Gasteiger partial charge < -0.3 is 33.8 Å². The molecule has 0 amide bonds. The average molecular weight is 1410 g/mol. The number of esters is 4. The largest absolute Gasteiger partial charge is 0.472 e. The molecule has 0 aliphatic heterocycles. The molecule has 0 aromatic heterocycles. The molecule has 96 heavy (non-hydrogen) atoms. The fraction of sp³-hybridized carbons (Fsp3) is 0.948. The van der Waals surface area contributed by atoms with Gasteiger partial charge in [0.15, 0.2) is 12.2 Å². The van der Waals surface area contributed by atoms with Crippen molar-refractivity contribution in [1.82, 2.24) is 0 Å². The number of phosphoric ester groups is 2. The van der Waals surface area contributed by atoms with Crippen molar-refractivity contribution in [3.05, 3.63) is 0 Å². The molecule has 0 spiro atoms. The van der Waals surface area contributed by atoms with Crippen molar-refractivity contribution >= 4 is 39.5 Å². The molecule has 0 aliphatic carbocycles. The van der Waals surface area contributed by atoms with Gasteiger partial charge >= 0.3 is 39.5 Å². The van der Waals surface area contributed by atoms with E-state index in [4.69, 9.17) is 37.0 Å². The first-order valence-electron chi connectivity index (χ1n) is 40.1. The Balaban J connectivity index is 5.14. The van der Waals surface area contributed by atoms with Gasteiger partial charge in [-0.15, -0.1) is 0 Å². The summed E-state index contributed by atoms with van der Waals surface area (Å²) < 4.78 is 68.4. The maximum atomic E-state index is 13.1. The van der Waals surface area contributed by atoms with Crippen molar-refractivity contribution in [3.8, 4) is 0 Å². The molecule has 3 N–H and O–H groups in total. The van der Waals surface area contributed by atoms with Gasteiger partial charge in [0.2, 0.25) is 0 Å². The molecule has 0 aromatic rings. The van der Waals surface area contributed by atoms with E-state index in [2.05, 4.69) is 41.5 Å². The van der Waals surface area contributed by atoms with Crippen LogP contribution in [0.3, 0.4) is 0 Å². The number of carbonyl (C=O) groups excluding carboxylic acids is 4. The van der Waals surface area contributed by atoms with Crippen LogP contribution in [0.25, 0.3) is 0 Å². The van der Waals surface area contributed by atoms with E-state index in [0.29, 0.717) is 25.7 Å². The molecule has 0 fully saturated rings. The smallest absolute Gasteiger partial charge is 0.462 e. The lowest BCUT2D eigenvalue weighted by Gasteiger charge is -2.21. The average Bonchev–Trinajstić information content (AvgIpc) is 1.68. The highest BCUT2D eigenvalue weighted by molar-refractivity contribution is 7.47. The highest BCUT2D eigenvalue weighted by Crippen LogP contribution is 2.45. The SMILES string of the molecule is CCCCCCCCCCCCCCCCCCCCCC(=O)O[C@H](COC(=O)CCCCCCCCCCCCCCCCC(C)CC)COP(=O)(O)OC[C@@H](O)COP(=O)(O)OC[C@@H](COC(=O)CCCCCCC)OC(=O)CCCCCCCCCCCCC(C)CC. The Labute approximate surface area is 588 Å². The second-order valence-corrected chi connectivity index (χ2v) is 31.1. The molecule has 570 valence electrons. The van der Waals surface area contributed by atoms with Crippen LogP contribution in [0, 0.1) is 11.8 Å².